The maximum atomic E-state index is 12.9. The summed E-state index contributed by atoms with van der Waals surface area (Å²) in [6, 6.07) is 0. The maximum absolute atomic E-state index is 12.9. The normalized spacial score (nSPS) is 12.2. The molecule has 404 valence electrons. The summed E-state index contributed by atoms with van der Waals surface area (Å²) in [5.41, 5.74) is 0. The number of carbonyl (C=O) groups excluding carboxylic acids is 3. The minimum atomic E-state index is -0.775. The molecule has 0 aromatic rings. The summed E-state index contributed by atoms with van der Waals surface area (Å²) in [4.78, 5) is 38.2. The Morgan fingerprint density at radius 1 is 0.290 bits per heavy atom. The van der Waals surface area contributed by atoms with Gasteiger partial charge < -0.3 is 14.2 Å². The van der Waals surface area contributed by atoms with E-state index < -0.39 is 6.10 Å². The van der Waals surface area contributed by atoms with Crippen LogP contribution in [0.1, 0.15) is 329 Å². The highest BCUT2D eigenvalue weighted by molar-refractivity contribution is 5.71. The molecule has 0 heterocycles. The van der Waals surface area contributed by atoms with Gasteiger partial charge in [0.25, 0.3) is 0 Å². The Balaban J connectivity index is 4.32. The molecule has 0 N–H and O–H groups in total. The molecule has 0 rings (SSSR count). The molecule has 0 unspecified atom stereocenters. The summed E-state index contributed by atoms with van der Waals surface area (Å²) >= 11 is 0. The third-order valence-electron chi connectivity index (χ3n) is 13.6. The standard InChI is InChI=1S/C63H116O6/c1-4-7-10-13-16-19-22-25-27-29-31-33-35-38-41-44-47-50-53-56-62(65)68-59-60(58-67-61(64)55-52-49-46-43-40-37-24-21-18-15-12-9-6-3)69-63(66)57-54-51-48-45-42-39-36-34-32-30-28-26-23-20-17-14-11-8-5-2/h17,20-21,24,26,28,60H,4-16,18-19,22-23,25,27,29-59H2,1-3H3/b20-17-,24-21-,28-26-/t60-/m1/s1. The fourth-order valence-electron chi connectivity index (χ4n) is 9.00. The van der Waals surface area contributed by atoms with Crippen molar-refractivity contribution in [1.29, 1.82) is 0 Å². The highest BCUT2D eigenvalue weighted by atomic mass is 16.6. The Morgan fingerprint density at radius 2 is 0.522 bits per heavy atom. The zero-order valence-corrected chi connectivity index (χ0v) is 46.3. The third kappa shape index (κ3) is 56.4. The summed E-state index contributed by atoms with van der Waals surface area (Å²) in [6.07, 6.45) is 69.9. The molecule has 69 heavy (non-hydrogen) atoms. The SMILES string of the molecule is CCCCC/C=C\C/C=C\CCCCCCCCCCCC(=O)O[C@H](COC(=O)CCCCCCC/C=C\CCCCCC)COC(=O)CCCCCCCCCCCCCCCCCCCCC. The lowest BCUT2D eigenvalue weighted by atomic mass is 10.0. The lowest BCUT2D eigenvalue weighted by molar-refractivity contribution is -0.167. The molecule has 0 aromatic heterocycles. The van der Waals surface area contributed by atoms with E-state index in [2.05, 4.69) is 57.2 Å². The Bertz CT molecular complexity index is 1160. The van der Waals surface area contributed by atoms with E-state index in [-0.39, 0.29) is 31.1 Å². The second-order valence-corrected chi connectivity index (χ2v) is 20.6. The second-order valence-electron chi connectivity index (χ2n) is 20.6. The summed E-state index contributed by atoms with van der Waals surface area (Å²) in [5.74, 6) is -0.866. The first-order chi connectivity index (χ1) is 34.0. The molecule has 6 heteroatoms. The van der Waals surface area contributed by atoms with Crippen LogP contribution in [0.3, 0.4) is 0 Å². The van der Waals surface area contributed by atoms with E-state index in [9.17, 15) is 14.4 Å². The average molecular weight is 970 g/mol. The van der Waals surface area contributed by atoms with E-state index in [0.717, 1.165) is 70.6 Å². The van der Waals surface area contributed by atoms with Crippen LogP contribution in [-0.4, -0.2) is 37.2 Å². The first kappa shape index (κ1) is 66.6. The molecule has 0 aliphatic carbocycles. The Morgan fingerprint density at radius 3 is 0.855 bits per heavy atom. The number of ether oxygens (including phenoxy) is 3. The van der Waals surface area contributed by atoms with Gasteiger partial charge in [-0.2, -0.15) is 0 Å². The molecule has 0 bridgehead atoms. The molecular weight excluding hydrogens is 853 g/mol. The summed E-state index contributed by atoms with van der Waals surface area (Å²) < 4.78 is 16.9. The van der Waals surface area contributed by atoms with Crippen LogP contribution in [0.2, 0.25) is 0 Å². The summed E-state index contributed by atoms with van der Waals surface area (Å²) in [5, 5.41) is 0. The molecule has 0 aliphatic rings. The van der Waals surface area contributed by atoms with Crippen molar-refractivity contribution in [2.24, 2.45) is 0 Å². The molecule has 1 atom stereocenters. The van der Waals surface area contributed by atoms with E-state index in [1.807, 2.05) is 0 Å². The first-order valence-corrected chi connectivity index (χ1v) is 30.5. The Hall–Kier alpha value is -2.37. The third-order valence-corrected chi connectivity index (χ3v) is 13.6. The van der Waals surface area contributed by atoms with Crippen molar-refractivity contribution in [1.82, 2.24) is 0 Å². The second kappa shape index (κ2) is 58.2. The van der Waals surface area contributed by atoms with Crippen LogP contribution >= 0.6 is 0 Å². The van der Waals surface area contributed by atoms with Crippen molar-refractivity contribution in [3.63, 3.8) is 0 Å². The van der Waals surface area contributed by atoms with Crippen LogP contribution in [0.5, 0.6) is 0 Å². The summed E-state index contributed by atoms with van der Waals surface area (Å²) in [6.45, 7) is 6.64. The topological polar surface area (TPSA) is 78.9 Å². The number of carbonyl (C=O) groups is 3. The zero-order valence-electron chi connectivity index (χ0n) is 46.3. The van der Waals surface area contributed by atoms with Crippen molar-refractivity contribution in [2.75, 3.05) is 13.2 Å². The molecule has 6 nitrogen and oxygen atoms in total. The Labute approximate surface area is 429 Å². The van der Waals surface area contributed by atoms with Crippen LogP contribution < -0.4 is 0 Å². The highest BCUT2D eigenvalue weighted by Gasteiger charge is 2.19. The van der Waals surface area contributed by atoms with Gasteiger partial charge in [0.1, 0.15) is 13.2 Å². The van der Waals surface area contributed by atoms with Crippen LogP contribution in [-0.2, 0) is 28.6 Å². The van der Waals surface area contributed by atoms with Crippen LogP contribution in [0.4, 0.5) is 0 Å². The first-order valence-electron chi connectivity index (χ1n) is 30.5. The minimum absolute atomic E-state index is 0.0724. The predicted octanol–water partition coefficient (Wildman–Crippen LogP) is 20.4. The van der Waals surface area contributed by atoms with Crippen LogP contribution in [0.25, 0.3) is 0 Å². The van der Waals surface area contributed by atoms with Gasteiger partial charge in [-0.15, -0.1) is 0 Å². The van der Waals surface area contributed by atoms with Crippen molar-refractivity contribution in [3.8, 4) is 0 Å². The van der Waals surface area contributed by atoms with Gasteiger partial charge in [0.2, 0.25) is 0 Å². The maximum Gasteiger partial charge on any atom is 0.306 e. The summed E-state index contributed by atoms with van der Waals surface area (Å²) in [7, 11) is 0. The van der Waals surface area contributed by atoms with Crippen molar-refractivity contribution in [2.45, 2.75) is 335 Å². The van der Waals surface area contributed by atoms with E-state index >= 15 is 0 Å². The van der Waals surface area contributed by atoms with Crippen molar-refractivity contribution >= 4 is 17.9 Å². The number of esters is 3. The molecule has 0 spiro atoms. The van der Waals surface area contributed by atoms with E-state index in [0.29, 0.717) is 19.3 Å². The van der Waals surface area contributed by atoms with Crippen molar-refractivity contribution < 1.29 is 28.6 Å². The van der Waals surface area contributed by atoms with Gasteiger partial charge in [0.15, 0.2) is 6.10 Å². The molecule has 0 fully saturated rings. The van der Waals surface area contributed by atoms with Crippen molar-refractivity contribution in [3.05, 3.63) is 36.5 Å². The monoisotopic (exact) mass is 969 g/mol. The van der Waals surface area contributed by atoms with Gasteiger partial charge in [0.05, 0.1) is 0 Å². The number of hydrogen-bond acceptors (Lipinski definition) is 6. The Kier molecular flexibility index (Phi) is 56.2. The largest absolute Gasteiger partial charge is 0.462 e. The molecule has 0 saturated heterocycles. The molecular formula is C63H116O6. The fourth-order valence-corrected chi connectivity index (χ4v) is 9.00. The number of allylic oxidation sites excluding steroid dienone is 6. The highest BCUT2D eigenvalue weighted by Crippen LogP contribution is 2.17. The number of rotatable bonds is 56. The van der Waals surface area contributed by atoms with Gasteiger partial charge in [-0.05, 0) is 77.0 Å². The van der Waals surface area contributed by atoms with Crippen LogP contribution in [0, 0.1) is 0 Å². The van der Waals surface area contributed by atoms with Crippen LogP contribution in [0.15, 0.2) is 36.5 Å². The lowest BCUT2D eigenvalue weighted by Gasteiger charge is -2.18. The lowest BCUT2D eigenvalue weighted by Crippen LogP contribution is -2.30. The number of hydrogen-bond donors (Lipinski definition) is 0. The van der Waals surface area contributed by atoms with E-state index in [1.54, 1.807) is 0 Å². The zero-order chi connectivity index (χ0) is 50.0. The van der Waals surface area contributed by atoms with Gasteiger partial charge >= 0.3 is 17.9 Å². The predicted molar refractivity (Wildman–Crippen MR) is 298 cm³/mol. The van der Waals surface area contributed by atoms with Gasteiger partial charge in [-0.3, -0.25) is 14.4 Å². The van der Waals surface area contributed by atoms with Gasteiger partial charge in [-0.1, -0.05) is 269 Å². The van der Waals surface area contributed by atoms with Gasteiger partial charge in [0, 0.05) is 19.3 Å². The average Bonchev–Trinajstić information content (AvgIpc) is 3.35. The fraction of sp³-hybridized carbons (Fsp3) is 0.857. The molecule has 0 aromatic carbocycles. The molecule has 0 saturated carbocycles. The number of unbranched alkanes of at least 4 members (excludes halogenated alkanes) is 39. The molecule has 0 radical (unpaired) electrons. The van der Waals surface area contributed by atoms with Gasteiger partial charge in [-0.25, -0.2) is 0 Å². The van der Waals surface area contributed by atoms with E-state index in [4.69, 9.17) is 14.2 Å². The minimum Gasteiger partial charge on any atom is -0.462 e. The molecule has 0 amide bonds. The smallest absolute Gasteiger partial charge is 0.306 e. The van der Waals surface area contributed by atoms with E-state index in [1.165, 1.54) is 218 Å². The quantitative estimate of drug-likeness (QED) is 0.0261. The molecule has 0 aliphatic heterocycles.